The molecule has 0 aromatic carbocycles. The fourth-order valence-electron chi connectivity index (χ4n) is 2.68. The highest BCUT2D eigenvalue weighted by molar-refractivity contribution is 7.89. The van der Waals surface area contributed by atoms with Crippen LogP contribution in [0.5, 0.6) is 0 Å². The molecule has 0 aromatic rings. The predicted molar refractivity (Wildman–Crippen MR) is 78.3 cm³/mol. The monoisotopic (exact) mass is 320 g/mol. The molecule has 1 N–H and O–H groups in total. The number of carboxylic acids is 1. The lowest BCUT2D eigenvalue weighted by Gasteiger charge is -2.41. The Balaban J connectivity index is 2.87. The van der Waals surface area contributed by atoms with Gasteiger partial charge in [-0.2, -0.15) is 4.31 Å². The van der Waals surface area contributed by atoms with Gasteiger partial charge in [0.1, 0.15) is 5.54 Å². The molecule has 1 rings (SSSR count). The van der Waals surface area contributed by atoms with E-state index in [0.29, 0.717) is 12.8 Å². The summed E-state index contributed by atoms with van der Waals surface area (Å²) in [4.78, 5) is 25.1. The molecule has 1 fully saturated rings. The molecular formula is C13H24N2O5S. The Morgan fingerprint density at radius 3 is 2.10 bits per heavy atom. The van der Waals surface area contributed by atoms with Crippen molar-refractivity contribution in [3.8, 4) is 0 Å². The Labute approximate surface area is 126 Å². The molecule has 0 radical (unpaired) electrons. The van der Waals surface area contributed by atoms with Crippen LogP contribution in [-0.2, 0) is 19.6 Å². The molecule has 0 aromatic heterocycles. The van der Waals surface area contributed by atoms with E-state index in [9.17, 15) is 23.1 Å². The number of carbonyl (C=O) groups excluding carboxylic acids is 1. The van der Waals surface area contributed by atoms with Gasteiger partial charge in [0.25, 0.3) is 0 Å². The Hall–Kier alpha value is -1.15. The summed E-state index contributed by atoms with van der Waals surface area (Å²) in [7, 11) is -0.674. The first-order valence-corrected chi connectivity index (χ1v) is 8.72. The number of carbonyl (C=O) groups is 2. The normalized spacial score (nSPS) is 18.5. The number of aliphatic carboxylic acids is 1. The van der Waals surface area contributed by atoms with Gasteiger partial charge in [0, 0.05) is 14.1 Å². The maximum Gasteiger partial charge on any atom is 0.329 e. The number of likely N-dealkylation sites (N-methyl/N-ethyl adjacent to an activating group) is 2. The van der Waals surface area contributed by atoms with Crippen LogP contribution in [0.1, 0.15) is 39.0 Å². The summed E-state index contributed by atoms with van der Waals surface area (Å²) in [5.41, 5.74) is -1.20. The lowest BCUT2D eigenvalue weighted by Crippen LogP contribution is -2.58. The van der Waals surface area contributed by atoms with Crippen LogP contribution in [0.2, 0.25) is 0 Å². The van der Waals surface area contributed by atoms with Crippen LogP contribution in [0.25, 0.3) is 0 Å². The van der Waals surface area contributed by atoms with Gasteiger partial charge in [0.05, 0.1) is 12.3 Å². The molecule has 0 atom stereocenters. The van der Waals surface area contributed by atoms with E-state index in [1.54, 1.807) is 0 Å². The number of nitrogens with zero attached hydrogens (tertiary/aromatic N) is 2. The first-order valence-electron chi connectivity index (χ1n) is 7.11. The zero-order valence-electron chi connectivity index (χ0n) is 12.8. The van der Waals surface area contributed by atoms with E-state index < -0.39 is 27.4 Å². The van der Waals surface area contributed by atoms with Gasteiger partial charge in [-0.1, -0.05) is 19.3 Å². The average Bonchev–Trinajstić information content (AvgIpc) is 2.46. The second kappa shape index (κ2) is 6.74. The van der Waals surface area contributed by atoms with E-state index in [1.165, 1.54) is 25.9 Å². The van der Waals surface area contributed by atoms with E-state index >= 15 is 0 Å². The van der Waals surface area contributed by atoms with Crippen molar-refractivity contribution >= 4 is 21.9 Å². The van der Waals surface area contributed by atoms with Crippen molar-refractivity contribution in [1.29, 1.82) is 0 Å². The predicted octanol–water partition coefficient (Wildman–Crippen LogP) is 0.514. The maximum atomic E-state index is 12.3. The van der Waals surface area contributed by atoms with Gasteiger partial charge >= 0.3 is 5.97 Å². The maximum absolute atomic E-state index is 12.3. The molecule has 0 bridgehead atoms. The van der Waals surface area contributed by atoms with Crippen LogP contribution >= 0.6 is 0 Å². The van der Waals surface area contributed by atoms with Crippen LogP contribution in [0.4, 0.5) is 0 Å². The zero-order valence-corrected chi connectivity index (χ0v) is 13.6. The number of sulfonamides is 1. The van der Waals surface area contributed by atoms with Crippen molar-refractivity contribution in [2.45, 2.75) is 44.6 Å². The van der Waals surface area contributed by atoms with Gasteiger partial charge in [-0.25, -0.2) is 13.2 Å². The summed E-state index contributed by atoms with van der Waals surface area (Å²) < 4.78 is 24.3. The van der Waals surface area contributed by atoms with Crippen molar-refractivity contribution in [3.05, 3.63) is 0 Å². The highest BCUT2D eigenvalue weighted by Gasteiger charge is 2.45. The molecule has 0 aliphatic heterocycles. The van der Waals surface area contributed by atoms with Gasteiger partial charge in [0.15, 0.2) is 0 Å². The number of amides is 1. The second-order valence-electron chi connectivity index (χ2n) is 5.51. The number of carboxylic acid groups (broad SMARTS) is 1. The Morgan fingerprint density at radius 1 is 1.14 bits per heavy atom. The zero-order chi connectivity index (χ0) is 16.3. The molecular weight excluding hydrogens is 296 g/mol. The second-order valence-corrected chi connectivity index (χ2v) is 7.87. The molecule has 0 saturated heterocycles. The summed E-state index contributed by atoms with van der Waals surface area (Å²) in [5, 5.41) is 9.52. The average molecular weight is 320 g/mol. The third-order valence-corrected chi connectivity index (χ3v) is 6.10. The summed E-state index contributed by atoms with van der Waals surface area (Å²) >= 11 is 0. The molecule has 8 heteroatoms. The highest BCUT2D eigenvalue weighted by atomic mass is 32.2. The fourth-order valence-corrected chi connectivity index (χ4v) is 3.43. The third kappa shape index (κ3) is 3.74. The first kappa shape index (κ1) is 17.9. The first-order chi connectivity index (χ1) is 9.67. The van der Waals surface area contributed by atoms with Gasteiger partial charge in [-0.3, -0.25) is 4.79 Å². The van der Waals surface area contributed by atoms with Gasteiger partial charge in [-0.15, -0.1) is 0 Å². The number of rotatable bonds is 6. The van der Waals surface area contributed by atoms with Crippen LogP contribution in [0.15, 0.2) is 0 Å². The molecule has 0 heterocycles. The summed E-state index contributed by atoms with van der Waals surface area (Å²) in [6.07, 6.45) is 3.30. The topological polar surface area (TPSA) is 95.0 Å². The van der Waals surface area contributed by atoms with E-state index in [-0.39, 0.29) is 12.3 Å². The fraction of sp³-hybridized carbons (Fsp3) is 0.846. The minimum atomic E-state index is -3.46. The largest absolute Gasteiger partial charge is 0.479 e. The minimum absolute atomic E-state index is 0.0927. The molecule has 0 spiro atoms. The van der Waals surface area contributed by atoms with Gasteiger partial charge in [0.2, 0.25) is 15.9 Å². The van der Waals surface area contributed by atoms with Crippen LogP contribution in [0.3, 0.4) is 0 Å². The SMILES string of the molecule is CCS(=O)(=O)N(C)CC(=O)N(C)C1(C(=O)O)CCCCC1. The lowest BCUT2D eigenvalue weighted by molar-refractivity contribution is -0.160. The molecule has 1 aliphatic rings. The number of hydrogen-bond acceptors (Lipinski definition) is 4. The van der Waals surface area contributed by atoms with Crippen molar-refractivity contribution in [2.75, 3.05) is 26.4 Å². The molecule has 21 heavy (non-hydrogen) atoms. The van der Waals surface area contributed by atoms with E-state index in [0.717, 1.165) is 23.6 Å². The van der Waals surface area contributed by atoms with E-state index in [4.69, 9.17) is 0 Å². The number of hydrogen-bond donors (Lipinski definition) is 1. The third-order valence-electron chi connectivity index (χ3n) is 4.29. The molecule has 0 unspecified atom stereocenters. The summed E-state index contributed by atoms with van der Waals surface area (Å²) in [5.74, 6) is -1.59. The Bertz CT molecular complexity index is 497. The molecule has 1 saturated carbocycles. The minimum Gasteiger partial charge on any atom is -0.479 e. The Morgan fingerprint density at radius 2 is 1.67 bits per heavy atom. The molecule has 122 valence electrons. The van der Waals surface area contributed by atoms with Crippen molar-refractivity contribution in [1.82, 2.24) is 9.21 Å². The van der Waals surface area contributed by atoms with Crippen molar-refractivity contribution in [2.24, 2.45) is 0 Å². The molecule has 1 amide bonds. The summed E-state index contributed by atoms with van der Waals surface area (Å²) in [6, 6.07) is 0. The smallest absolute Gasteiger partial charge is 0.329 e. The van der Waals surface area contributed by atoms with Gasteiger partial charge < -0.3 is 10.0 Å². The van der Waals surface area contributed by atoms with Crippen LogP contribution in [0, 0.1) is 0 Å². The quantitative estimate of drug-likeness (QED) is 0.769. The standard InChI is InChI=1S/C13H24N2O5S/c1-4-21(19,20)14(2)10-11(16)15(3)13(12(17)18)8-6-5-7-9-13/h4-10H2,1-3H3,(H,17,18). The van der Waals surface area contributed by atoms with Crippen molar-refractivity contribution in [3.63, 3.8) is 0 Å². The van der Waals surface area contributed by atoms with Crippen LogP contribution < -0.4 is 0 Å². The Kier molecular flexibility index (Phi) is 5.75. The summed E-state index contributed by atoms with van der Waals surface area (Å²) in [6.45, 7) is 1.17. The van der Waals surface area contributed by atoms with Crippen LogP contribution in [-0.4, -0.2) is 66.5 Å². The van der Waals surface area contributed by atoms with Gasteiger partial charge in [-0.05, 0) is 19.8 Å². The van der Waals surface area contributed by atoms with Crippen molar-refractivity contribution < 1.29 is 23.1 Å². The molecule has 1 aliphatic carbocycles. The van der Waals surface area contributed by atoms with E-state index in [1.807, 2.05) is 0 Å². The molecule has 7 nitrogen and oxygen atoms in total. The highest BCUT2D eigenvalue weighted by Crippen LogP contribution is 2.33. The van der Waals surface area contributed by atoms with E-state index in [2.05, 4.69) is 0 Å². The lowest BCUT2D eigenvalue weighted by atomic mass is 9.80.